The molecule has 2 aromatic rings. The van der Waals surface area contributed by atoms with E-state index in [4.69, 9.17) is 4.74 Å². The zero-order chi connectivity index (χ0) is 25.5. The van der Waals surface area contributed by atoms with Crippen LogP contribution in [0, 0.1) is 0 Å². The Bertz CT molecular complexity index is 1120. The van der Waals surface area contributed by atoms with Crippen molar-refractivity contribution < 1.29 is 18.3 Å². The van der Waals surface area contributed by atoms with Gasteiger partial charge in [-0.25, -0.2) is 4.21 Å². The molecule has 8 heteroatoms. The number of hydrogen-bond acceptors (Lipinski definition) is 5. The van der Waals surface area contributed by atoms with Crippen LogP contribution in [0.2, 0.25) is 0 Å². The molecule has 35 heavy (non-hydrogen) atoms. The Kier molecular flexibility index (Phi) is 6.76. The average molecular weight is 502 g/mol. The predicted molar refractivity (Wildman–Crippen MR) is 144 cm³/mol. The molecule has 0 aliphatic carbocycles. The van der Waals surface area contributed by atoms with Gasteiger partial charge in [0.25, 0.3) is 5.91 Å². The van der Waals surface area contributed by atoms with Gasteiger partial charge >= 0.3 is 0 Å². The summed E-state index contributed by atoms with van der Waals surface area (Å²) in [7, 11) is -3.99. The molecular formula is C27H39N3O4S. The molecule has 2 heterocycles. The average Bonchev–Trinajstić information content (AvgIpc) is 2.82. The zero-order valence-electron chi connectivity index (χ0n) is 21.6. The first-order valence-corrected chi connectivity index (χ1v) is 15.0. The monoisotopic (exact) mass is 501 g/mol. The van der Waals surface area contributed by atoms with Gasteiger partial charge in [-0.3, -0.25) is 9.35 Å². The quantitative estimate of drug-likeness (QED) is 0.689. The van der Waals surface area contributed by atoms with E-state index in [-0.39, 0.29) is 11.3 Å². The maximum Gasteiger partial charge on any atom is 0.256 e. The van der Waals surface area contributed by atoms with Crippen molar-refractivity contribution in [3.63, 3.8) is 0 Å². The summed E-state index contributed by atoms with van der Waals surface area (Å²) < 4.78 is 29.0. The van der Waals surface area contributed by atoms with Crippen molar-refractivity contribution in [1.82, 2.24) is 4.90 Å². The van der Waals surface area contributed by atoms with Crippen LogP contribution in [0.15, 0.2) is 47.4 Å². The van der Waals surface area contributed by atoms with Gasteiger partial charge in [-0.1, -0.05) is 32.9 Å². The minimum Gasteiger partial charge on any atom is -0.378 e. The van der Waals surface area contributed by atoms with Gasteiger partial charge in [0.05, 0.1) is 23.7 Å². The van der Waals surface area contributed by atoms with E-state index in [0.717, 1.165) is 18.8 Å². The molecule has 1 amide bonds. The first-order valence-electron chi connectivity index (χ1n) is 12.3. The third-order valence-corrected chi connectivity index (χ3v) is 8.49. The molecule has 1 N–H and O–H groups in total. The van der Waals surface area contributed by atoms with Crippen LogP contribution in [-0.2, 0) is 19.5 Å². The number of hydrogen-bond donors (Lipinski definition) is 1. The lowest BCUT2D eigenvalue weighted by molar-refractivity contribution is 0.0746. The number of morpholine rings is 1. The Morgan fingerprint density at radius 3 is 2.03 bits per heavy atom. The van der Waals surface area contributed by atoms with Crippen molar-refractivity contribution in [3.8, 4) is 0 Å². The lowest BCUT2D eigenvalue weighted by Crippen LogP contribution is -2.49. The topological polar surface area (TPSA) is 73.3 Å². The Balaban J connectivity index is 1.54. The SMILES string of the molecule is CC(C)(C)c1ccc(N2CCN(C(=O)c3cc(S(C)(C)(=O)O)ccc3N3CCOCC3)CC2)cc1. The zero-order valence-corrected chi connectivity index (χ0v) is 22.4. The van der Waals surface area contributed by atoms with E-state index < -0.39 is 9.35 Å². The highest BCUT2D eigenvalue weighted by atomic mass is 32.3. The standard InChI is InChI=1S/C27H39N3O4S/c1-27(2,3)21-6-8-22(9-7-21)28-12-14-30(15-13-28)26(31)24-20-23(35(4,5,32)33)10-11-25(24)29-16-18-34-19-17-29/h6-11,20H,12-19H2,1-5H3,(H,32,33). The molecule has 4 rings (SSSR count). The van der Waals surface area contributed by atoms with Crippen LogP contribution in [0.1, 0.15) is 36.7 Å². The van der Waals surface area contributed by atoms with Gasteiger partial charge in [0.1, 0.15) is 0 Å². The van der Waals surface area contributed by atoms with Crippen LogP contribution in [0.25, 0.3) is 0 Å². The van der Waals surface area contributed by atoms with Crippen LogP contribution in [0.3, 0.4) is 0 Å². The fourth-order valence-electron chi connectivity index (χ4n) is 4.64. The summed E-state index contributed by atoms with van der Waals surface area (Å²) in [5, 5.41) is 0. The molecular weight excluding hydrogens is 462 g/mol. The molecule has 192 valence electrons. The Morgan fingerprint density at radius 1 is 0.886 bits per heavy atom. The van der Waals surface area contributed by atoms with Crippen molar-refractivity contribution in [1.29, 1.82) is 0 Å². The second-order valence-corrected chi connectivity index (χ2v) is 15.1. The van der Waals surface area contributed by atoms with Gasteiger partial charge in [-0.15, -0.1) is 0 Å². The highest BCUT2D eigenvalue weighted by Gasteiger charge is 2.29. The van der Waals surface area contributed by atoms with Gasteiger partial charge in [0.15, 0.2) is 0 Å². The van der Waals surface area contributed by atoms with Crippen molar-refractivity contribution in [3.05, 3.63) is 53.6 Å². The number of carbonyl (C=O) groups excluding carboxylic acids is 1. The fraction of sp³-hybridized carbons (Fsp3) is 0.519. The third-order valence-electron chi connectivity index (χ3n) is 6.89. The van der Waals surface area contributed by atoms with Gasteiger partial charge in [-0.2, -0.15) is 9.35 Å². The number of rotatable bonds is 4. The summed E-state index contributed by atoms with van der Waals surface area (Å²) in [6, 6.07) is 13.8. The van der Waals surface area contributed by atoms with E-state index in [1.807, 2.05) is 11.0 Å². The van der Waals surface area contributed by atoms with Gasteiger partial charge in [0, 0.05) is 63.2 Å². The number of nitrogens with zero attached hydrogens (tertiary/aromatic N) is 3. The molecule has 0 radical (unpaired) electrons. The molecule has 2 aliphatic heterocycles. The minimum atomic E-state index is -3.99. The molecule has 0 atom stereocenters. The minimum absolute atomic E-state index is 0.0901. The van der Waals surface area contributed by atoms with E-state index in [0.29, 0.717) is 49.9 Å². The molecule has 2 fully saturated rings. The number of anilines is 2. The van der Waals surface area contributed by atoms with E-state index >= 15 is 0 Å². The summed E-state index contributed by atoms with van der Waals surface area (Å²) in [6.45, 7) is 11.9. The lowest BCUT2D eigenvalue weighted by atomic mass is 9.87. The van der Waals surface area contributed by atoms with Crippen LogP contribution in [-0.4, -0.2) is 84.6 Å². The predicted octanol–water partition coefficient (Wildman–Crippen LogP) is 3.69. The molecule has 7 nitrogen and oxygen atoms in total. The van der Waals surface area contributed by atoms with Gasteiger partial charge < -0.3 is 19.4 Å². The van der Waals surface area contributed by atoms with Crippen LogP contribution in [0.5, 0.6) is 0 Å². The van der Waals surface area contributed by atoms with Gasteiger partial charge in [0.2, 0.25) is 0 Å². The molecule has 0 unspecified atom stereocenters. The Labute approximate surface area is 209 Å². The number of ether oxygens (including phenoxy) is 1. The molecule has 0 saturated carbocycles. The highest BCUT2D eigenvalue weighted by molar-refractivity contribution is 8.14. The molecule has 2 aliphatic rings. The third kappa shape index (κ3) is 5.88. The van der Waals surface area contributed by atoms with Crippen LogP contribution < -0.4 is 9.80 Å². The molecule has 2 aromatic carbocycles. The molecule has 0 aromatic heterocycles. The summed E-state index contributed by atoms with van der Waals surface area (Å²) in [5.41, 5.74) is 3.88. The number of amides is 1. The smallest absolute Gasteiger partial charge is 0.256 e. The molecule has 0 bridgehead atoms. The normalized spacial score (nSPS) is 18.8. The Hall–Kier alpha value is -2.42. The maximum absolute atomic E-state index is 13.7. The number of piperazine rings is 1. The van der Waals surface area contributed by atoms with Crippen LogP contribution >= 0.6 is 0 Å². The number of carbonyl (C=O) groups is 1. The summed E-state index contributed by atoms with van der Waals surface area (Å²) >= 11 is 0. The first-order chi connectivity index (χ1) is 16.3. The van der Waals surface area contributed by atoms with Gasteiger partial charge in [-0.05, 0) is 41.3 Å². The van der Waals surface area contributed by atoms with Crippen molar-refractivity contribution in [2.45, 2.75) is 31.1 Å². The van der Waals surface area contributed by atoms with Crippen LogP contribution in [0.4, 0.5) is 11.4 Å². The van der Waals surface area contributed by atoms with E-state index in [1.54, 1.807) is 12.1 Å². The van der Waals surface area contributed by atoms with E-state index in [1.165, 1.54) is 23.8 Å². The summed E-state index contributed by atoms with van der Waals surface area (Å²) in [4.78, 5) is 20.3. The maximum atomic E-state index is 13.7. The fourth-order valence-corrected chi connectivity index (χ4v) is 5.55. The Morgan fingerprint density at radius 2 is 1.49 bits per heavy atom. The highest BCUT2D eigenvalue weighted by Crippen LogP contribution is 2.33. The summed E-state index contributed by atoms with van der Waals surface area (Å²) in [6.07, 6.45) is 2.66. The largest absolute Gasteiger partial charge is 0.378 e. The van der Waals surface area contributed by atoms with E-state index in [9.17, 15) is 13.6 Å². The van der Waals surface area contributed by atoms with E-state index in [2.05, 4.69) is 54.8 Å². The van der Waals surface area contributed by atoms with Crippen molar-refractivity contribution in [2.24, 2.45) is 0 Å². The number of benzene rings is 2. The first kappa shape index (κ1) is 25.7. The van der Waals surface area contributed by atoms with Crippen molar-refractivity contribution >= 4 is 26.6 Å². The van der Waals surface area contributed by atoms with Crippen molar-refractivity contribution in [2.75, 3.05) is 74.8 Å². The summed E-state index contributed by atoms with van der Waals surface area (Å²) in [5.74, 6) is -0.0901. The molecule has 2 saturated heterocycles. The molecule has 0 spiro atoms. The second-order valence-electron chi connectivity index (χ2n) is 11.1. The lowest BCUT2D eigenvalue weighted by Gasteiger charge is -2.39. The second kappa shape index (κ2) is 9.22.